The molecule has 2 aliphatic heterocycles. The number of anilines is 1. The van der Waals surface area contributed by atoms with Crippen LogP contribution in [0.1, 0.15) is 72.2 Å². The van der Waals surface area contributed by atoms with E-state index in [1.54, 1.807) is 18.2 Å². The number of amides is 2. The van der Waals surface area contributed by atoms with Gasteiger partial charge in [-0.15, -0.1) is 10.2 Å². The number of fused-ring (bicyclic) bond motifs is 1. The maximum atomic E-state index is 12.8. The predicted molar refractivity (Wildman–Crippen MR) is 115 cm³/mol. The van der Waals surface area contributed by atoms with Crippen molar-refractivity contribution in [1.82, 2.24) is 15.1 Å². The molecule has 3 aliphatic rings. The molecule has 3 heterocycles. The Morgan fingerprint density at radius 1 is 1.10 bits per heavy atom. The highest BCUT2D eigenvalue weighted by Crippen LogP contribution is 2.36. The molecule has 1 aromatic heterocycles. The summed E-state index contributed by atoms with van der Waals surface area (Å²) in [7, 11) is 0. The van der Waals surface area contributed by atoms with Crippen LogP contribution in [-0.2, 0) is 4.79 Å². The molecule has 31 heavy (non-hydrogen) atoms. The first-order chi connectivity index (χ1) is 15.2. The van der Waals surface area contributed by atoms with Crippen molar-refractivity contribution in [2.24, 2.45) is 5.92 Å². The first-order valence-electron chi connectivity index (χ1n) is 11.0. The lowest BCUT2D eigenvalue weighted by Gasteiger charge is -2.23. The molecule has 1 saturated heterocycles. The predicted octanol–water partition coefficient (Wildman–Crippen LogP) is 4.15. The van der Waals surface area contributed by atoms with Crippen molar-refractivity contribution < 1.29 is 19.1 Å². The van der Waals surface area contributed by atoms with Gasteiger partial charge in [-0.3, -0.25) is 9.59 Å². The number of rotatable bonds is 6. The van der Waals surface area contributed by atoms with Gasteiger partial charge >= 0.3 is 0 Å². The van der Waals surface area contributed by atoms with E-state index in [0.717, 1.165) is 30.8 Å². The zero-order chi connectivity index (χ0) is 21.2. The quantitative estimate of drug-likeness (QED) is 0.722. The Bertz CT molecular complexity index is 972. The van der Waals surface area contributed by atoms with Crippen molar-refractivity contribution >= 4 is 28.8 Å². The maximum Gasteiger partial charge on any atom is 0.286 e. The fraction of sp³-hybridized carbons (Fsp3) is 0.545. The van der Waals surface area contributed by atoms with Gasteiger partial charge in [0.25, 0.3) is 5.91 Å². The molecular formula is C22H26N4O4S. The molecule has 0 spiro atoms. The minimum absolute atomic E-state index is 0.0688. The van der Waals surface area contributed by atoms with Crippen LogP contribution in [0.25, 0.3) is 0 Å². The van der Waals surface area contributed by atoms with Gasteiger partial charge in [-0.2, -0.15) is 0 Å². The summed E-state index contributed by atoms with van der Waals surface area (Å²) in [5.74, 6) is 1.86. The molecule has 9 heteroatoms. The van der Waals surface area contributed by atoms with Gasteiger partial charge in [-0.05, 0) is 37.3 Å². The Morgan fingerprint density at radius 2 is 1.94 bits per heavy atom. The fourth-order valence-electron chi connectivity index (χ4n) is 4.71. The molecule has 1 saturated carbocycles. The molecule has 2 amide bonds. The normalized spacial score (nSPS) is 20.4. The molecular weight excluding hydrogens is 416 g/mol. The number of hydrogen-bond acceptors (Lipinski definition) is 7. The van der Waals surface area contributed by atoms with E-state index in [2.05, 4.69) is 15.5 Å². The second kappa shape index (κ2) is 8.82. The third-order valence-corrected chi connectivity index (χ3v) is 7.39. The zero-order valence-electron chi connectivity index (χ0n) is 17.3. The summed E-state index contributed by atoms with van der Waals surface area (Å²) < 4.78 is 10.6. The molecule has 5 rings (SSSR count). The summed E-state index contributed by atoms with van der Waals surface area (Å²) in [5, 5.41) is 12.2. The monoisotopic (exact) mass is 442 g/mol. The van der Waals surface area contributed by atoms with Gasteiger partial charge in [0.1, 0.15) is 5.01 Å². The minimum atomic E-state index is -0.320. The topological polar surface area (TPSA) is 93.7 Å². The largest absolute Gasteiger partial charge is 0.454 e. The van der Waals surface area contributed by atoms with E-state index in [0.29, 0.717) is 29.5 Å². The Labute approximate surface area is 184 Å². The minimum Gasteiger partial charge on any atom is -0.454 e. The number of nitrogens with one attached hydrogen (secondary N) is 1. The third kappa shape index (κ3) is 4.37. The van der Waals surface area contributed by atoms with Crippen LogP contribution >= 0.6 is 11.3 Å². The standard InChI is InChI=1S/C22H26N4O4S/c27-19(10-7-14-4-1-2-5-14)26-11-3-6-16(26)21-24-25-22(31-21)20(28)23-15-8-9-17-18(12-15)30-13-29-17/h8-9,12,14,16H,1-7,10-11,13H2,(H,23,28)/t16-/m1/s1. The number of likely N-dealkylation sites (tertiary alicyclic amines) is 1. The van der Waals surface area contributed by atoms with Crippen LogP contribution in [-0.4, -0.2) is 40.2 Å². The van der Waals surface area contributed by atoms with Crippen molar-refractivity contribution in [3.8, 4) is 11.5 Å². The van der Waals surface area contributed by atoms with Crippen LogP contribution in [0.5, 0.6) is 11.5 Å². The number of benzene rings is 1. The third-order valence-electron chi connectivity index (χ3n) is 6.36. The Hall–Kier alpha value is -2.68. The van der Waals surface area contributed by atoms with E-state index < -0.39 is 0 Å². The first-order valence-corrected chi connectivity index (χ1v) is 11.8. The molecule has 2 fully saturated rings. The summed E-state index contributed by atoms with van der Waals surface area (Å²) in [6.45, 7) is 0.941. The van der Waals surface area contributed by atoms with Crippen LogP contribution in [0.3, 0.4) is 0 Å². The maximum absolute atomic E-state index is 12.8. The molecule has 0 bridgehead atoms. The number of hydrogen-bond donors (Lipinski definition) is 1. The Balaban J connectivity index is 1.21. The van der Waals surface area contributed by atoms with E-state index in [1.165, 1.54) is 37.0 Å². The SMILES string of the molecule is O=C(Nc1ccc2c(c1)OCO2)c1nnc([C@H]2CCCN2C(=O)CCC2CCCC2)s1. The van der Waals surface area contributed by atoms with E-state index in [9.17, 15) is 9.59 Å². The van der Waals surface area contributed by atoms with Crippen molar-refractivity contribution in [2.75, 3.05) is 18.7 Å². The molecule has 164 valence electrons. The highest BCUT2D eigenvalue weighted by molar-refractivity contribution is 7.13. The van der Waals surface area contributed by atoms with Gasteiger partial charge in [0, 0.05) is 24.7 Å². The van der Waals surface area contributed by atoms with Crippen LogP contribution in [0, 0.1) is 5.92 Å². The first kappa shape index (κ1) is 20.2. The summed E-state index contributed by atoms with van der Waals surface area (Å²) >= 11 is 1.26. The lowest BCUT2D eigenvalue weighted by molar-refractivity contribution is -0.132. The van der Waals surface area contributed by atoms with Crippen LogP contribution in [0.15, 0.2) is 18.2 Å². The van der Waals surface area contributed by atoms with Crippen LogP contribution < -0.4 is 14.8 Å². The molecule has 1 aromatic carbocycles. The van der Waals surface area contributed by atoms with E-state index in [-0.39, 0.29) is 29.7 Å². The van der Waals surface area contributed by atoms with E-state index in [1.807, 2.05) is 4.90 Å². The van der Waals surface area contributed by atoms with Crippen LogP contribution in [0.2, 0.25) is 0 Å². The molecule has 8 nitrogen and oxygen atoms in total. The molecule has 1 N–H and O–H groups in total. The van der Waals surface area contributed by atoms with E-state index >= 15 is 0 Å². The molecule has 1 aliphatic carbocycles. The second-order valence-electron chi connectivity index (χ2n) is 8.40. The van der Waals surface area contributed by atoms with Gasteiger partial charge in [-0.1, -0.05) is 37.0 Å². The van der Waals surface area contributed by atoms with Gasteiger partial charge in [0.05, 0.1) is 6.04 Å². The summed E-state index contributed by atoms with van der Waals surface area (Å²) in [6, 6.07) is 5.18. The van der Waals surface area contributed by atoms with Gasteiger partial charge in [0.2, 0.25) is 17.7 Å². The summed E-state index contributed by atoms with van der Waals surface area (Å²) in [5.41, 5.74) is 0.607. The number of ether oxygens (including phenoxy) is 2. The number of aromatic nitrogens is 2. The highest BCUT2D eigenvalue weighted by atomic mass is 32.1. The smallest absolute Gasteiger partial charge is 0.286 e. The summed E-state index contributed by atoms with van der Waals surface area (Å²) in [4.78, 5) is 27.4. The van der Waals surface area contributed by atoms with Crippen molar-refractivity contribution in [1.29, 1.82) is 0 Å². The second-order valence-corrected chi connectivity index (χ2v) is 9.41. The van der Waals surface area contributed by atoms with Gasteiger partial charge in [-0.25, -0.2) is 0 Å². The highest BCUT2D eigenvalue weighted by Gasteiger charge is 2.33. The van der Waals surface area contributed by atoms with E-state index in [4.69, 9.17) is 9.47 Å². The number of carbonyl (C=O) groups excluding carboxylic acids is 2. The van der Waals surface area contributed by atoms with Crippen molar-refractivity contribution in [2.45, 2.75) is 57.4 Å². The van der Waals surface area contributed by atoms with Crippen molar-refractivity contribution in [3.05, 3.63) is 28.2 Å². The van der Waals surface area contributed by atoms with Gasteiger partial charge < -0.3 is 19.7 Å². The Kier molecular flexibility index (Phi) is 5.76. The molecule has 1 atom stereocenters. The van der Waals surface area contributed by atoms with Gasteiger partial charge in [0.15, 0.2) is 11.5 Å². The molecule has 0 unspecified atom stereocenters. The average molecular weight is 443 g/mol. The number of carbonyl (C=O) groups is 2. The average Bonchev–Trinajstić information content (AvgIpc) is 3.57. The summed E-state index contributed by atoms with van der Waals surface area (Å²) in [6.07, 6.45) is 8.54. The lowest BCUT2D eigenvalue weighted by Crippen LogP contribution is -2.30. The van der Waals surface area contributed by atoms with Crippen LogP contribution in [0.4, 0.5) is 5.69 Å². The molecule has 0 radical (unpaired) electrons. The van der Waals surface area contributed by atoms with Crippen molar-refractivity contribution in [3.63, 3.8) is 0 Å². The number of nitrogens with zero attached hydrogens (tertiary/aromatic N) is 3. The zero-order valence-corrected chi connectivity index (χ0v) is 18.2. The fourth-order valence-corrected chi connectivity index (χ4v) is 5.60. The lowest BCUT2D eigenvalue weighted by atomic mass is 10.0. The molecule has 2 aromatic rings. The Morgan fingerprint density at radius 3 is 2.81 bits per heavy atom.